The zero-order chi connectivity index (χ0) is 12.0. The van der Waals surface area contributed by atoms with E-state index in [9.17, 15) is 19.2 Å². The molecule has 8 heteroatoms. The Morgan fingerprint density at radius 1 is 1.07 bits per heavy atom. The van der Waals surface area contributed by atoms with Gasteiger partial charge in [-0.05, 0) is 6.92 Å². The molecule has 0 aromatic rings. The van der Waals surface area contributed by atoms with E-state index in [4.69, 9.17) is 0 Å². The van der Waals surface area contributed by atoms with Gasteiger partial charge in [0, 0.05) is 0 Å². The molecule has 0 fully saturated rings. The van der Waals surface area contributed by atoms with E-state index < -0.39 is 29.9 Å². The van der Waals surface area contributed by atoms with Gasteiger partial charge in [0.2, 0.25) is 0 Å². The minimum absolute atomic E-state index is 0.388. The average molecular weight is 218 g/mol. The average Bonchev–Trinajstić information content (AvgIpc) is 2.13. The standard InChI is InChI=1S/C7H10N2O6/c1-3(15-7(13)5(9)11)2-14-6(12)4(8)10/h3H,2H2,1H3,(H2,8,10)(H2,9,11). The van der Waals surface area contributed by atoms with Gasteiger partial charge in [0.25, 0.3) is 0 Å². The Kier molecular flexibility index (Phi) is 4.79. The maximum Gasteiger partial charge on any atom is 0.396 e. The SMILES string of the molecule is CC(COC(=O)C(N)=O)OC(=O)C(N)=O. The minimum atomic E-state index is -1.26. The lowest BCUT2D eigenvalue weighted by molar-refractivity contribution is -0.164. The van der Waals surface area contributed by atoms with Gasteiger partial charge < -0.3 is 20.9 Å². The third-order valence-electron chi connectivity index (χ3n) is 1.16. The Bertz CT molecular complexity index is 300. The monoisotopic (exact) mass is 218 g/mol. The third-order valence-corrected chi connectivity index (χ3v) is 1.16. The van der Waals surface area contributed by atoms with Crippen LogP contribution in [0, 0.1) is 0 Å². The molecule has 2 amide bonds. The topological polar surface area (TPSA) is 139 Å². The van der Waals surface area contributed by atoms with Gasteiger partial charge in [0.1, 0.15) is 12.7 Å². The van der Waals surface area contributed by atoms with Crippen molar-refractivity contribution in [3.63, 3.8) is 0 Å². The van der Waals surface area contributed by atoms with E-state index in [2.05, 4.69) is 20.9 Å². The highest BCUT2D eigenvalue weighted by Crippen LogP contribution is 1.93. The van der Waals surface area contributed by atoms with Crippen LogP contribution in [0.1, 0.15) is 6.92 Å². The highest BCUT2D eigenvalue weighted by Gasteiger charge is 2.17. The summed E-state index contributed by atoms with van der Waals surface area (Å²) in [6, 6.07) is 0. The van der Waals surface area contributed by atoms with Crippen LogP contribution in [0.5, 0.6) is 0 Å². The summed E-state index contributed by atoms with van der Waals surface area (Å²) in [5.74, 6) is -5.03. The number of ether oxygens (including phenoxy) is 2. The Hall–Kier alpha value is -2.12. The number of hydrogen-bond acceptors (Lipinski definition) is 6. The van der Waals surface area contributed by atoms with Gasteiger partial charge >= 0.3 is 23.8 Å². The van der Waals surface area contributed by atoms with Crippen molar-refractivity contribution >= 4 is 23.8 Å². The second-order valence-electron chi connectivity index (χ2n) is 2.54. The molecule has 0 bridgehead atoms. The molecule has 0 radical (unpaired) electrons. The first kappa shape index (κ1) is 12.9. The number of carbonyl (C=O) groups excluding carboxylic acids is 4. The van der Waals surface area contributed by atoms with Gasteiger partial charge in [-0.15, -0.1) is 0 Å². The second-order valence-corrected chi connectivity index (χ2v) is 2.54. The highest BCUT2D eigenvalue weighted by atomic mass is 16.6. The molecule has 0 saturated heterocycles. The molecule has 0 heterocycles. The quantitative estimate of drug-likeness (QED) is 0.394. The van der Waals surface area contributed by atoms with Gasteiger partial charge in [0.05, 0.1) is 0 Å². The molecule has 0 aliphatic carbocycles. The molecule has 0 aliphatic rings. The van der Waals surface area contributed by atoms with Crippen LogP contribution in [0.2, 0.25) is 0 Å². The van der Waals surface area contributed by atoms with Gasteiger partial charge in [0.15, 0.2) is 0 Å². The molecule has 0 aromatic carbocycles. The van der Waals surface area contributed by atoms with Gasteiger partial charge in [-0.2, -0.15) is 0 Å². The van der Waals surface area contributed by atoms with Crippen molar-refractivity contribution in [3.8, 4) is 0 Å². The van der Waals surface area contributed by atoms with Gasteiger partial charge in [-0.25, -0.2) is 9.59 Å². The van der Waals surface area contributed by atoms with Crippen molar-refractivity contribution < 1.29 is 28.7 Å². The summed E-state index contributed by atoms with van der Waals surface area (Å²) in [5, 5.41) is 0. The largest absolute Gasteiger partial charge is 0.455 e. The summed E-state index contributed by atoms with van der Waals surface area (Å²) in [5.41, 5.74) is 9.17. The van der Waals surface area contributed by atoms with E-state index in [1.807, 2.05) is 0 Å². The smallest absolute Gasteiger partial charge is 0.396 e. The number of hydrogen-bond donors (Lipinski definition) is 2. The molecule has 8 nitrogen and oxygen atoms in total. The number of rotatable bonds is 3. The predicted octanol–water partition coefficient (Wildman–Crippen LogP) is -2.57. The predicted molar refractivity (Wildman–Crippen MR) is 44.9 cm³/mol. The molecule has 1 unspecified atom stereocenters. The van der Waals surface area contributed by atoms with Crippen molar-refractivity contribution in [2.45, 2.75) is 13.0 Å². The molecule has 0 spiro atoms. The van der Waals surface area contributed by atoms with Crippen LogP contribution in [0.15, 0.2) is 0 Å². The molecule has 0 aromatic heterocycles. The van der Waals surface area contributed by atoms with Crippen molar-refractivity contribution in [2.75, 3.05) is 6.61 Å². The van der Waals surface area contributed by atoms with Crippen LogP contribution in [-0.2, 0) is 28.7 Å². The van der Waals surface area contributed by atoms with Crippen molar-refractivity contribution in [1.82, 2.24) is 0 Å². The van der Waals surface area contributed by atoms with Crippen molar-refractivity contribution in [2.24, 2.45) is 11.5 Å². The van der Waals surface area contributed by atoms with Crippen LogP contribution in [-0.4, -0.2) is 36.5 Å². The highest BCUT2D eigenvalue weighted by molar-refractivity contribution is 6.32. The van der Waals surface area contributed by atoms with E-state index in [1.54, 1.807) is 0 Å². The summed E-state index contributed by atoms with van der Waals surface area (Å²) in [6.45, 7) is 0.954. The molecule has 0 saturated carbocycles. The maximum absolute atomic E-state index is 10.6. The molecular formula is C7H10N2O6. The van der Waals surface area contributed by atoms with Crippen LogP contribution < -0.4 is 11.5 Å². The lowest BCUT2D eigenvalue weighted by Gasteiger charge is -2.11. The summed E-state index contributed by atoms with van der Waals surface area (Å²) in [6.07, 6.45) is -0.895. The molecule has 0 aliphatic heterocycles. The van der Waals surface area contributed by atoms with Crippen molar-refractivity contribution in [3.05, 3.63) is 0 Å². The van der Waals surface area contributed by atoms with Gasteiger partial charge in [-0.3, -0.25) is 9.59 Å². The van der Waals surface area contributed by atoms with E-state index in [0.29, 0.717) is 0 Å². The van der Waals surface area contributed by atoms with E-state index in [0.717, 1.165) is 0 Å². The molecule has 0 rings (SSSR count). The lowest BCUT2D eigenvalue weighted by atomic mass is 10.4. The zero-order valence-electron chi connectivity index (χ0n) is 7.89. The Labute approximate surface area is 84.5 Å². The fourth-order valence-corrected chi connectivity index (χ4v) is 0.539. The number of amides is 2. The number of esters is 2. The van der Waals surface area contributed by atoms with Crippen molar-refractivity contribution in [1.29, 1.82) is 0 Å². The Morgan fingerprint density at radius 2 is 1.53 bits per heavy atom. The van der Waals surface area contributed by atoms with Gasteiger partial charge in [-0.1, -0.05) is 0 Å². The molecule has 4 N–H and O–H groups in total. The summed E-state index contributed by atoms with van der Waals surface area (Å²) in [7, 11) is 0. The normalized spacial score (nSPS) is 11.3. The molecule has 15 heavy (non-hydrogen) atoms. The maximum atomic E-state index is 10.6. The zero-order valence-corrected chi connectivity index (χ0v) is 7.89. The van der Waals surface area contributed by atoms with Crippen LogP contribution in [0.4, 0.5) is 0 Å². The number of carbonyl (C=O) groups is 4. The number of nitrogens with two attached hydrogens (primary N) is 2. The lowest BCUT2D eigenvalue weighted by Crippen LogP contribution is -2.33. The first-order chi connectivity index (χ1) is 6.84. The summed E-state index contributed by atoms with van der Waals surface area (Å²) in [4.78, 5) is 41.6. The Morgan fingerprint density at radius 3 is 1.93 bits per heavy atom. The summed E-state index contributed by atoms with van der Waals surface area (Å²) < 4.78 is 8.70. The first-order valence-electron chi connectivity index (χ1n) is 3.81. The fourth-order valence-electron chi connectivity index (χ4n) is 0.539. The van der Waals surface area contributed by atoms with Crippen LogP contribution >= 0.6 is 0 Å². The summed E-state index contributed by atoms with van der Waals surface area (Å²) >= 11 is 0. The molecule has 84 valence electrons. The number of primary amides is 2. The van der Waals surface area contributed by atoms with Crippen LogP contribution in [0.3, 0.4) is 0 Å². The molecular weight excluding hydrogens is 208 g/mol. The van der Waals surface area contributed by atoms with E-state index in [-0.39, 0.29) is 6.61 Å². The van der Waals surface area contributed by atoms with E-state index >= 15 is 0 Å². The third kappa shape index (κ3) is 5.24. The second kappa shape index (κ2) is 5.58. The minimum Gasteiger partial charge on any atom is -0.455 e. The first-order valence-corrected chi connectivity index (χ1v) is 3.81. The fraction of sp³-hybridized carbons (Fsp3) is 0.429. The van der Waals surface area contributed by atoms with E-state index in [1.165, 1.54) is 6.92 Å². The van der Waals surface area contributed by atoms with Crippen LogP contribution in [0.25, 0.3) is 0 Å². The Balaban J connectivity index is 3.90. The molecule has 1 atom stereocenters.